The van der Waals surface area contributed by atoms with Crippen LogP contribution in [0.2, 0.25) is 0 Å². The normalized spacial score (nSPS) is 16.1. The van der Waals surface area contributed by atoms with Crippen LogP contribution in [0.1, 0.15) is 43.9 Å². The fourth-order valence-electron chi connectivity index (χ4n) is 3.33. The van der Waals surface area contributed by atoms with Gasteiger partial charge in [-0.1, -0.05) is 26.0 Å². The molecule has 1 aliphatic heterocycles. The molecule has 0 spiro atoms. The van der Waals surface area contributed by atoms with Gasteiger partial charge >= 0.3 is 0 Å². The smallest absolute Gasteiger partial charge is 0.294 e. The van der Waals surface area contributed by atoms with Crippen molar-refractivity contribution in [2.45, 2.75) is 32.7 Å². The number of rotatable bonds is 7. The first-order chi connectivity index (χ1) is 14.0. The maximum Gasteiger partial charge on any atom is 0.294 e. The minimum atomic E-state index is -0.747. The fraction of sp³-hybridized carbons (Fsp3) is 0.261. The molecule has 2 aromatic rings. The van der Waals surface area contributed by atoms with Crippen molar-refractivity contribution >= 4 is 17.4 Å². The van der Waals surface area contributed by atoms with Crippen molar-refractivity contribution in [1.82, 2.24) is 0 Å². The number of aliphatic hydroxyl groups is 1. The Morgan fingerprint density at radius 1 is 1.14 bits per heavy atom. The molecule has 148 valence electrons. The highest BCUT2D eigenvalue weighted by molar-refractivity contribution is 6.16. The van der Waals surface area contributed by atoms with Crippen LogP contribution in [-0.2, 0) is 9.59 Å². The van der Waals surface area contributed by atoms with E-state index in [0.29, 0.717) is 29.2 Å². The van der Waals surface area contributed by atoms with Gasteiger partial charge in [0.15, 0.2) is 11.5 Å². The number of benzene rings is 2. The van der Waals surface area contributed by atoms with Crippen molar-refractivity contribution in [3.8, 4) is 11.8 Å². The zero-order valence-electron chi connectivity index (χ0n) is 16.4. The van der Waals surface area contributed by atoms with Crippen LogP contribution in [0.3, 0.4) is 0 Å². The van der Waals surface area contributed by atoms with E-state index in [-0.39, 0.29) is 17.8 Å². The van der Waals surface area contributed by atoms with E-state index >= 15 is 0 Å². The molecule has 0 saturated carbocycles. The third-order valence-corrected chi connectivity index (χ3v) is 4.77. The van der Waals surface area contributed by atoms with E-state index in [1.807, 2.05) is 13.0 Å². The van der Waals surface area contributed by atoms with Crippen LogP contribution in [-0.4, -0.2) is 23.4 Å². The largest absolute Gasteiger partial charge is 0.503 e. The molecular weight excluding hydrogens is 368 g/mol. The molecule has 0 aliphatic carbocycles. The van der Waals surface area contributed by atoms with Crippen LogP contribution in [0.25, 0.3) is 0 Å². The van der Waals surface area contributed by atoms with Gasteiger partial charge in [0.05, 0.1) is 29.9 Å². The van der Waals surface area contributed by atoms with Gasteiger partial charge in [0.2, 0.25) is 0 Å². The number of carbonyl (C=O) groups is 2. The summed E-state index contributed by atoms with van der Waals surface area (Å²) in [5, 5.41) is 19.5. The molecule has 0 saturated heterocycles. The van der Waals surface area contributed by atoms with Crippen LogP contribution in [0, 0.1) is 11.3 Å². The van der Waals surface area contributed by atoms with Gasteiger partial charge in [0.25, 0.3) is 5.91 Å². The monoisotopic (exact) mass is 390 g/mol. The number of hydrogen-bond donors (Lipinski definition) is 1. The number of carbonyl (C=O) groups excluding carboxylic acids is 2. The second kappa shape index (κ2) is 8.61. The zero-order valence-corrected chi connectivity index (χ0v) is 16.4. The molecule has 1 N–H and O–H groups in total. The highest BCUT2D eigenvalue weighted by Crippen LogP contribution is 2.41. The summed E-state index contributed by atoms with van der Waals surface area (Å²) in [5.74, 6) is -0.759. The van der Waals surface area contributed by atoms with E-state index in [1.165, 1.54) is 4.90 Å². The Kier molecular flexibility index (Phi) is 5.99. The third kappa shape index (κ3) is 3.85. The van der Waals surface area contributed by atoms with Gasteiger partial charge in [-0.3, -0.25) is 14.5 Å². The number of hydrogen-bond acceptors (Lipinski definition) is 5. The van der Waals surface area contributed by atoms with E-state index in [2.05, 4.69) is 0 Å². The quantitative estimate of drug-likeness (QED) is 0.764. The number of nitriles is 1. The molecule has 1 unspecified atom stereocenters. The Morgan fingerprint density at radius 3 is 2.34 bits per heavy atom. The summed E-state index contributed by atoms with van der Waals surface area (Å²) in [6.45, 7) is 4.30. The van der Waals surface area contributed by atoms with E-state index in [1.54, 1.807) is 55.5 Å². The molecule has 6 heteroatoms. The molecule has 6 nitrogen and oxygen atoms in total. The minimum absolute atomic E-state index is 0.0871. The molecule has 29 heavy (non-hydrogen) atoms. The van der Waals surface area contributed by atoms with Gasteiger partial charge in [-0.2, -0.15) is 5.26 Å². The first-order valence-corrected chi connectivity index (χ1v) is 9.54. The lowest BCUT2D eigenvalue weighted by atomic mass is 9.94. The van der Waals surface area contributed by atoms with E-state index < -0.39 is 17.7 Å². The average molecular weight is 390 g/mol. The third-order valence-electron chi connectivity index (χ3n) is 4.77. The van der Waals surface area contributed by atoms with Crippen molar-refractivity contribution in [1.29, 1.82) is 5.26 Å². The maximum absolute atomic E-state index is 12.9. The van der Waals surface area contributed by atoms with E-state index in [0.717, 1.165) is 6.42 Å². The Bertz CT molecular complexity index is 985. The van der Waals surface area contributed by atoms with Gasteiger partial charge in [0, 0.05) is 12.1 Å². The summed E-state index contributed by atoms with van der Waals surface area (Å²) in [4.78, 5) is 26.8. The Hall–Kier alpha value is -3.59. The lowest BCUT2D eigenvalue weighted by Gasteiger charge is -2.27. The number of amides is 1. The van der Waals surface area contributed by atoms with Crippen LogP contribution >= 0.6 is 0 Å². The number of Topliss-reactive ketones (excluding diaryl/α,β-unsaturated/α-hetero) is 1. The van der Waals surface area contributed by atoms with Crippen molar-refractivity contribution in [3.05, 3.63) is 71.0 Å². The Morgan fingerprint density at radius 2 is 1.79 bits per heavy atom. The molecule has 1 heterocycles. The van der Waals surface area contributed by atoms with Crippen LogP contribution < -0.4 is 9.64 Å². The Balaban J connectivity index is 2.06. The van der Waals surface area contributed by atoms with Crippen LogP contribution in [0.4, 0.5) is 5.69 Å². The molecule has 0 aromatic heterocycles. The average Bonchev–Trinajstić information content (AvgIpc) is 3.03. The lowest BCUT2D eigenvalue weighted by Crippen LogP contribution is -2.31. The van der Waals surface area contributed by atoms with Gasteiger partial charge in [0.1, 0.15) is 5.75 Å². The van der Waals surface area contributed by atoms with Gasteiger partial charge in [-0.15, -0.1) is 0 Å². The summed E-state index contributed by atoms with van der Waals surface area (Å²) in [5.41, 5.74) is 1.73. The van der Waals surface area contributed by atoms with Crippen molar-refractivity contribution in [2.24, 2.45) is 0 Å². The van der Waals surface area contributed by atoms with Crippen molar-refractivity contribution in [2.75, 3.05) is 11.5 Å². The van der Waals surface area contributed by atoms with Gasteiger partial charge in [-0.05, 0) is 48.4 Å². The molecular formula is C23H22N2O4. The second-order valence-corrected chi connectivity index (χ2v) is 6.69. The maximum atomic E-state index is 12.9. The lowest BCUT2D eigenvalue weighted by molar-refractivity contribution is -0.118. The van der Waals surface area contributed by atoms with Crippen molar-refractivity contribution in [3.63, 3.8) is 0 Å². The SMILES string of the molecule is CCCOc1ccc(C2C(C(=O)CC)=C(O)C(=O)N2c2ccc(C#N)cc2)cc1. The predicted molar refractivity (Wildman–Crippen MR) is 109 cm³/mol. The highest BCUT2D eigenvalue weighted by Gasteiger charge is 2.43. The Labute approximate surface area is 169 Å². The minimum Gasteiger partial charge on any atom is -0.503 e. The first kappa shape index (κ1) is 20.2. The second-order valence-electron chi connectivity index (χ2n) is 6.69. The molecule has 0 radical (unpaired) electrons. The summed E-state index contributed by atoms with van der Waals surface area (Å²) in [6.07, 6.45) is 1.05. The van der Waals surface area contributed by atoms with Crippen LogP contribution in [0.15, 0.2) is 59.9 Å². The molecule has 3 rings (SSSR count). The zero-order chi connectivity index (χ0) is 21.0. The van der Waals surface area contributed by atoms with E-state index in [4.69, 9.17) is 10.00 Å². The summed E-state index contributed by atoms with van der Waals surface area (Å²) in [7, 11) is 0. The molecule has 2 aromatic carbocycles. The predicted octanol–water partition coefficient (Wildman–Crippen LogP) is 4.23. The van der Waals surface area contributed by atoms with Gasteiger partial charge in [-0.25, -0.2) is 0 Å². The number of nitrogens with zero attached hydrogens (tertiary/aromatic N) is 2. The van der Waals surface area contributed by atoms with E-state index in [9.17, 15) is 14.7 Å². The number of ether oxygens (including phenoxy) is 1. The molecule has 1 amide bonds. The standard InChI is InChI=1S/C23H22N2O4/c1-3-13-29-18-11-7-16(8-12-18)21-20(19(26)4-2)22(27)23(28)25(21)17-9-5-15(14-24)6-10-17/h5-12,21,27H,3-4,13H2,1-2H3. The number of aliphatic hydroxyl groups excluding tert-OH is 1. The van der Waals surface area contributed by atoms with Crippen LogP contribution in [0.5, 0.6) is 5.75 Å². The summed E-state index contributed by atoms with van der Waals surface area (Å²) < 4.78 is 5.61. The molecule has 1 atom stereocenters. The summed E-state index contributed by atoms with van der Waals surface area (Å²) >= 11 is 0. The topological polar surface area (TPSA) is 90.6 Å². The molecule has 1 aliphatic rings. The molecule has 0 fully saturated rings. The highest BCUT2D eigenvalue weighted by atomic mass is 16.5. The summed E-state index contributed by atoms with van der Waals surface area (Å²) in [6, 6.07) is 14.9. The molecule has 0 bridgehead atoms. The number of ketones is 1. The first-order valence-electron chi connectivity index (χ1n) is 9.54. The fourth-order valence-corrected chi connectivity index (χ4v) is 3.33. The van der Waals surface area contributed by atoms with Gasteiger partial charge < -0.3 is 9.84 Å². The van der Waals surface area contributed by atoms with Crippen molar-refractivity contribution < 1.29 is 19.4 Å². The number of anilines is 1.